The standard InChI is InChI=1S/C14H15ClN2/c1-2-8-16-13-9-12(15)10-17-14(13)11-6-4-3-5-7-11/h3-7,9-10,16H,2,8H2,1H3. The summed E-state index contributed by atoms with van der Waals surface area (Å²) in [5, 5.41) is 4.01. The number of hydrogen-bond donors (Lipinski definition) is 1. The van der Waals surface area contributed by atoms with Crippen molar-refractivity contribution in [1.82, 2.24) is 4.98 Å². The lowest BCUT2D eigenvalue weighted by Gasteiger charge is -2.11. The molecule has 88 valence electrons. The SMILES string of the molecule is CCCNc1cc(Cl)cnc1-c1ccccc1. The maximum atomic E-state index is 5.98. The molecule has 0 radical (unpaired) electrons. The average molecular weight is 247 g/mol. The van der Waals surface area contributed by atoms with Crippen LogP contribution in [0.5, 0.6) is 0 Å². The molecule has 1 aromatic heterocycles. The highest BCUT2D eigenvalue weighted by Gasteiger charge is 2.06. The topological polar surface area (TPSA) is 24.9 Å². The first-order valence-electron chi connectivity index (χ1n) is 5.76. The molecule has 0 saturated heterocycles. The average Bonchev–Trinajstić information content (AvgIpc) is 2.37. The molecule has 0 spiro atoms. The third kappa shape index (κ3) is 2.98. The van der Waals surface area contributed by atoms with E-state index in [2.05, 4.69) is 17.2 Å². The van der Waals surface area contributed by atoms with E-state index in [0.29, 0.717) is 5.02 Å². The molecule has 1 N–H and O–H groups in total. The van der Waals surface area contributed by atoms with Crippen LogP contribution in [-0.2, 0) is 0 Å². The number of pyridine rings is 1. The molecule has 0 bridgehead atoms. The first-order chi connectivity index (χ1) is 8.31. The van der Waals surface area contributed by atoms with Gasteiger partial charge >= 0.3 is 0 Å². The summed E-state index contributed by atoms with van der Waals surface area (Å²) in [5.41, 5.74) is 3.04. The van der Waals surface area contributed by atoms with Crippen LogP contribution in [0.3, 0.4) is 0 Å². The van der Waals surface area contributed by atoms with Gasteiger partial charge in [0.15, 0.2) is 0 Å². The van der Waals surface area contributed by atoms with Crippen molar-refractivity contribution in [3.8, 4) is 11.3 Å². The van der Waals surface area contributed by atoms with E-state index in [1.54, 1.807) is 6.20 Å². The van der Waals surface area contributed by atoms with Gasteiger partial charge in [-0.1, -0.05) is 48.9 Å². The van der Waals surface area contributed by atoms with E-state index in [9.17, 15) is 0 Å². The van der Waals surface area contributed by atoms with E-state index in [1.807, 2.05) is 36.4 Å². The normalized spacial score (nSPS) is 10.2. The van der Waals surface area contributed by atoms with Crippen LogP contribution < -0.4 is 5.32 Å². The molecule has 3 heteroatoms. The molecule has 0 atom stereocenters. The van der Waals surface area contributed by atoms with Crippen molar-refractivity contribution in [2.75, 3.05) is 11.9 Å². The monoisotopic (exact) mass is 246 g/mol. The Balaban J connectivity index is 2.39. The number of nitrogens with zero attached hydrogens (tertiary/aromatic N) is 1. The molecular weight excluding hydrogens is 232 g/mol. The van der Waals surface area contributed by atoms with Gasteiger partial charge in [0.1, 0.15) is 0 Å². The third-order valence-corrected chi connectivity index (χ3v) is 2.67. The van der Waals surface area contributed by atoms with Crippen LogP contribution in [-0.4, -0.2) is 11.5 Å². The van der Waals surface area contributed by atoms with E-state index in [0.717, 1.165) is 29.9 Å². The van der Waals surface area contributed by atoms with Gasteiger partial charge in [0.25, 0.3) is 0 Å². The van der Waals surface area contributed by atoms with Gasteiger partial charge in [-0.25, -0.2) is 0 Å². The summed E-state index contributed by atoms with van der Waals surface area (Å²) in [6.45, 7) is 3.05. The van der Waals surface area contributed by atoms with Crippen LogP contribution in [0, 0.1) is 0 Å². The summed E-state index contributed by atoms with van der Waals surface area (Å²) in [5.74, 6) is 0. The van der Waals surface area contributed by atoms with Crippen molar-refractivity contribution in [1.29, 1.82) is 0 Å². The Morgan fingerprint density at radius 1 is 1.24 bits per heavy atom. The highest BCUT2D eigenvalue weighted by atomic mass is 35.5. The van der Waals surface area contributed by atoms with Crippen molar-refractivity contribution < 1.29 is 0 Å². The van der Waals surface area contributed by atoms with E-state index in [1.165, 1.54) is 0 Å². The molecule has 1 heterocycles. The molecule has 1 aromatic carbocycles. The van der Waals surface area contributed by atoms with Crippen LogP contribution in [0.4, 0.5) is 5.69 Å². The molecule has 0 fully saturated rings. The zero-order chi connectivity index (χ0) is 12.1. The molecule has 0 aliphatic heterocycles. The zero-order valence-electron chi connectivity index (χ0n) is 9.78. The second-order valence-electron chi connectivity index (χ2n) is 3.84. The Morgan fingerprint density at radius 2 is 2.00 bits per heavy atom. The van der Waals surface area contributed by atoms with Gasteiger partial charge < -0.3 is 5.32 Å². The number of benzene rings is 1. The number of aromatic nitrogens is 1. The van der Waals surface area contributed by atoms with Crippen molar-refractivity contribution in [2.24, 2.45) is 0 Å². The van der Waals surface area contributed by atoms with Crippen molar-refractivity contribution >= 4 is 17.3 Å². The van der Waals surface area contributed by atoms with Gasteiger partial charge in [0.2, 0.25) is 0 Å². The zero-order valence-corrected chi connectivity index (χ0v) is 10.5. The number of anilines is 1. The maximum Gasteiger partial charge on any atom is 0.0934 e. The number of nitrogens with one attached hydrogen (secondary N) is 1. The fraction of sp³-hybridized carbons (Fsp3) is 0.214. The molecule has 17 heavy (non-hydrogen) atoms. The highest BCUT2D eigenvalue weighted by Crippen LogP contribution is 2.27. The summed E-state index contributed by atoms with van der Waals surface area (Å²) in [6, 6.07) is 12.0. The number of hydrogen-bond acceptors (Lipinski definition) is 2. The largest absolute Gasteiger partial charge is 0.383 e. The number of rotatable bonds is 4. The lowest BCUT2D eigenvalue weighted by atomic mass is 10.1. The van der Waals surface area contributed by atoms with Crippen LogP contribution >= 0.6 is 11.6 Å². The van der Waals surface area contributed by atoms with Gasteiger partial charge in [-0.15, -0.1) is 0 Å². The van der Waals surface area contributed by atoms with Gasteiger partial charge in [-0.3, -0.25) is 4.98 Å². The quantitative estimate of drug-likeness (QED) is 0.874. The molecule has 0 saturated carbocycles. The Hall–Kier alpha value is -1.54. The third-order valence-electron chi connectivity index (χ3n) is 2.47. The minimum Gasteiger partial charge on any atom is -0.383 e. The minimum absolute atomic E-state index is 0.656. The molecule has 0 aliphatic carbocycles. The highest BCUT2D eigenvalue weighted by molar-refractivity contribution is 6.30. The van der Waals surface area contributed by atoms with Crippen LogP contribution in [0.25, 0.3) is 11.3 Å². The Labute approximate surface area is 107 Å². The van der Waals surface area contributed by atoms with Crippen molar-refractivity contribution in [3.63, 3.8) is 0 Å². The van der Waals surface area contributed by atoms with Gasteiger partial charge in [0.05, 0.1) is 16.4 Å². The van der Waals surface area contributed by atoms with Crippen LogP contribution in [0.2, 0.25) is 5.02 Å². The van der Waals surface area contributed by atoms with E-state index in [4.69, 9.17) is 11.6 Å². The molecule has 2 rings (SSSR count). The lowest BCUT2D eigenvalue weighted by molar-refractivity contribution is 0.978. The molecule has 0 aliphatic rings. The summed E-state index contributed by atoms with van der Waals surface area (Å²) in [7, 11) is 0. The first kappa shape index (κ1) is 11.9. The van der Waals surface area contributed by atoms with Gasteiger partial charge in [0, 0.05) is 18.3 Å². The predicted octanol–water partition coefficient (Wildman–Crippen LogP) is 4.22. The van der Waals surface area contributed by atoms with Crippen LogP contribution in [0.1, 0.15) is 13.3 Å². The van der Waals surface area contributed by atoms with Gasteiger partial charge in [-0.05, 0) is 12.5 Å². The second kappa shape index (κ2) is 5.69. The van der Waals surface area contributed by atoms with E-state index >= 15 is 0 Å². The fourth-order valence-electron chi connectivity index (χ4n) is 1.66. The Kier molecular flexibility index (Phi) is 3.99. The van der Waals surface area contributed by atoms with E-state index < -0.39 is 0 Å². The molecular formula is C14H15ClN2. The van der Waals surface area contributed by atoms with Crippen molar-refractivity contribution in [2.45, 2.75) is 13.3 Å². The Bertz CT molecular complexity index is 483. The molecule has 0 amide bonds. The summed E-state index contributed by atoms with van der Waals surface area (Å²) in [4.78, 5) is 4.41. The lowest BCUT2D eigenvalue weighted by Crippen LogP contribution is -2.02. The summed E-state index contributed by atoms with van der Waals surface area (Å²) in [6.07, 6.45) is 2.75. The van der Waals surface area contributed by atoms with Gasteiger partial charge in [-0.2, -0.15) is 0 Å². The first-order valence-corrected chi connectivity index (χ1v) is 6.14. The molecule has 2 nitrogen and oxygen atoms in total. The maximum absolute atomic E-state index is 5.98. The minimum atomic E-state index is 0.656. The smallest absolute Gasteiger partial charge is 0.0934 e. The predicted molar refractivity (Wildman–Crippen MR) is 73.5 cm³/mol. The Morgan fingerprint density at radius 3 is 2.71 bits per heavy atom. The second-order valence-corrected chi connectivity index (χ2v) is 4.28. The summed E-state index contributed by atoms with van der Waals surface area (Å²) < 4.78 is 0. The summed E-state index contributed by atoms with van der Waals surface area (Å²) >= 11 is 5.98. The van der Waals surface area contributed by atoms with Crippen LogP contribution in [0.15, 0.2) is 42.6 Å². The molecule has 0 unspecified atom stereocenters. The molecule has 2 aromatic rings. The number of halogens is 1. The van der Waals surface area contributed by atoms with Crippen molar-refractivity contribution in [3.05, 3.63) is 47.6 Å². The van der Waals surface area contributed by atoms with E-state index in [-0.39, 0.29) is 0 Å². The fourth-order valence-corrected chi connectivity index (χ4v) is 1.82.